The van der Waals surface area contributed by atoms with Crippen molar-refractivity contribution >= 4 is 51.7 Å². The number of hydrogen-bond acceptors (Lipinski definition) is 9. The van der Waals surface area contributed by atoms with E-state index in [1.807, 2.05) is 13.8 Å². The Bertz CT molecular complexity index is 1130. The third-order valence-electron chi connectivity index (χ3n) is 4.12. The summed E-state index contributed by atoms with van der Waals surface area (Å²) >= 11 is 2.38. The lowest BCUT2D eigenvalue weighted by Crippen LogP contribution is -2.14. The van der Waals surface area contributed by atoms with Gasteiger partial charge in [0.15, 0.2) is 4.34 Å². The topological polar surface area (TPSA) is 120 Å². The molecule has 1 aromatic heterocycles. The van der Waals surface area contributed by atoms with Gasteiger partial charge in [-0.3, -0.25) is 14.9 Å². The Morgan fingerprint density at radius 2 is 1.65 bits per heavy atom. The van der Waals surface area contributed by atoms with Gasteiger partial charge < -0.3 is 14.8 Å². The number of nitrogens with zero attached hydrogens (tertiary/aromatic N) is 2. The second kappa shape index (κ2) is 12.1. The third kappa shape index (κ3) is 7.56. The van der Waals surface area contributed by atoms with Crippen LogP contribution in [-0.2, 0) is 9.53 Å². The molecule has 3 aromatic rings. The maximum atomic E-state index is 12.4. The quantitative estimate of drug-likeness (QED) is 0.237. The number of ether oxygens (including phenoxy) is 2. The Morgan fingerprint density at radius 3 is 2.29 bits per heavy atom. The first-order valence-electron chi connectivity index (χ1n) is 10.5. The molecule has 2 N–H and O–H groups in total. The minimum absolute atomic E-state index is 0.0518. The number of thioether (sulfide) groups is 1. The molecule has 2 aromatic carbocycles. The van der Waals surface area contributed by atoms with E-state index in [-0.39, 0.29) is 23.7 Å². The zero-order valence-corrected chi connectivity index (χ0v) is 20.5. The van der Waals surface area contributed by atoms with Crippen LogP contribution < -0.4 is 15.4 Å². The van der Waals surface area contributed by atoms with Crippen LogP contribution in [0.1, 0.15) is 41.5 Å². The molecule has 11 heteroatoms. The predicted octanol–water partition coefficient (Wildman–Crippen LogP) is 4.49. The fourth-order valence-electron chi connectivity index (χ4n) is 2.67. The smallest absolute Gasteiger partial charge is 0.338 e. The van der Waals surface area contributed by atoms with Crippen molar-refractivity contribution in [3.05, 3.63) is 59.7 Å². The van der Waals surface area contributed by atoms with E-state index in [9.17, 15) is 14.4 Å². The Balaban J connectivity index is 1.46. The van der Waals surface area contributed by atoms with Crippen LogP contribution in [0, 0.1) is 0 Å². The van der Waals surface area contributed by atoms with Gasteiger partial charge in [-0.1, -0.05) is 23.1 Å². The third-order valence-corrected chi connectivity index (χ3v) is 6.09. The summed E-state index contributed by atoms with van der Waals surface area (Å²) in [5.74, 6) is -0.160. The summed E-state index contributed by atoms with van der Waals surface area (Å²) in [5, 5.41) is 13.8. The first kappa shape index (κ1) is 25.2. The van der Waals surface area contributed by atoms with Crippen LogP contribution in [0.3, 0.4) is 0 Å². The van der Waals surface area contributed by atoms with E-state index >= 15 is 0 Å². The highest BCUT2D eigenvalue weighted by Gasteiger charge is 2.13. The van der Waals surface area contributed by atoms with Crippen LogP contribution >= 0.6 is 23.1 Å². The van der Waals surface area contributed by atoms with Crippen LogP contribution in [0.4, 0.5) is 10.8 Å². The van der Waals surface area contributed by atoms with Crippen molar-refractivity contribution in [1.29, 1.82) is 0 Å². The van der Waals surface area contributed by atoms with E-state index in [2.05, 4.69) is 20.8 Å². The molecule has 0 radical (unpaired) electrons. The van der Waals surface area contributed by atoms with Crippen molar-refractivity contribution in [3.63, 3.8) is 0 Å². The molecule has 0 atom stereocenters. The summed E-state index contributed by atoms with van der Waals surface area (Å²) in [7, 11) is 0. The average molecular weight is 501 g/mol. The number of benzene rings is 2. The van der Waals surface area contributed by atoms with Crippen LogP contribution in [0.2, 0.25) is 0 Å². The number of nitrogens with one attached hydrogen (secondary N) is 2. The summed E-state index contributed by atoms with van der Waals surface area (Å²) < 4.78 is 11.0. The minimum atomic E-state index is -0.410. The van der Waals surface area contributed by atoms with Crippen molar-refractivity contribution < 1.29 is 23.9 Å². The monoisotopic (exact) mass is 500 g/mol. The van der Waals surface area contributed by atoms with E-state index < -0.39 is 5.97 Å². The van der Waals surface area contributed by atoms with Gasteiger partial charge in [-0.2, -0.15) is 0 Å². The summed E-state index contributed by atoms with van der Waals surface area (Å²) in [6.45, 7) is 5.90. The number of anilines is 2. The number of amides is 2. The molecular weight excluding hydrogens is 476 g/mol. The fraction of sp³-hybridized carbons (Fsp3) is 0.261. The molecule has 2 amide bonds. The van der Waals surface area contributed by atoms with Gasteiger partial charge in [0.2, 0.25) is 11.0 Å². The van der Waals surface area contributed by atoms with Crippen LogP contribution in [0.5, 0.6) is 5.75 Å². The molecular formula is C23H24N4O5S2. The van der Waals surface area contributed by atoms with Crippen molar-refractivity contribution in [2.75, 3.05) is 23.0 Å². The second-order valence-corrected chi connectivity index (χ2v) is 9.35. The largest absolute Gasteiger partial charge is 0.491 e. The van der Waals surface area contributed by atoms with Crippen LogP contribution in [-0.4, -0.2) is 46.4 Å². The maximum absolute atomic E-state index is 12.4. The molecule has 0 saturated heterocycles. The number of rotatable bonds is 10. The molecule has 0 fully saturated rings. The summed E-state index contributed by atoms with van der Waals surface area (Å²) in [6, 6.07) is 13.3. The molecule has 34 heavy (non-hydrogen) atoms. The molecule has 9 nitrogen and oxygen atoms in total. The first-order chi connectivity index (χ1) is 16.3. The van der Waals surface area contributed by atoms with Crippen molar-refractivity contribution in [2.45, 2.75) is 31.2 Å². The van der Waals surface area contributed by atoms with Gasteiger partial charge in [0.05, 0.1) is 24.0 Å². The average Bonchev–Trinajstić information content (AvgIpc) is 3.25. The Labute approximate surface area is 205 Å². The van der Waals surface area contributed by atoms with Crippen molar-refractivity contribution in [2.24, 2.45) is 0 Å². The van der Waals surface area contributed by atoms with Crippen molar-refractivity contribution in [1.82, 2.24) is 10.2 Å². The molecule has 0 spiro atoms. The lowest BCUT2D eigenvalue weighted by Gasteiger charge is -2.09. The molecule has 0 saturated carbocycles. The number of esters is 1. The lowest BCUT2D eigenvalue weighted by molar-refractivity contribution is -0.113. The second-order valence-electron chi connectivity index (χ2n) is 7.15. The highest BCUT2D eigenvalue weighted by atomic mass is 32.2. The van der Waals surface area contributed by atoms with Gasteiger partial charge in [0.1, 0.15) is 5.75 Å². The van der Waals surface area contributed by atoms with Gasteiger partial charge in [0, 0.05) is 11.3 Å². The van der Waals surface area contributed by atoms with Crippen molar-refractivity contribution in [3.8, 4) is 5.75 Å². The number of hydrogen-bond donors (Lipinski definition) is 2. The van der Waals surface area contributed by atoms with Crippen LogP contribution in [0.25, 0.3) is 0 Å². The van der Waals surface area contributed by atoms with Gasteiger partial charge in [-0.15, -0.1) is 10.2 Å². The van der Waals surface area contributed by atoms with Gasteiger partial charge in [-0.25, -0.2) is 4.79 Å². The minimum Gasteiger partial charge on any atom is -0.491 e. The Morgan fingerprint density at radius 1 is 0.971 bits per heavy atom. The van der Waals surface area contributed by atoms with Gasteiger partial charge in [-0.05, 0) is 69.3 Å². The Hall–Kier alpha value is -3.44. The number of carbonyl (C=O) groups excluding carboxylic acids is 3. The molecule has 3 rings (SSSR count). The summed E-state index contributed by atoms with van der Waals surface area (Å²) in [4.78, 5) is 36.3. The predicted molar refractivity (Wildman–Crippen MR) is 132 cm³/mol. The van der Waals surface area contributed by atoms with Gasteiger partial charge >= 0.3 is 5.97 Å². The van der Waals surface area contributed by atoms with E-state index in [0.717, 1.165) is 0 Å². The zero-order chi connectivity index (χ0) is 24.5. The standard InChI is InChI=1S/C23H24N4O5S2/c1-4-31-21(30)16-5-9-17(10-6-16)24-19(28)13-33-23-27-26-22(34-23)25-20(29)15-7-11-18(12-8-15)32-14(2)3/h5-12,14H,4,13H2,1-3H3,(H,24,28)(H,25,26,29). The maximum Gasteiger partial charge on any atom is 0.338 e. The summed E-state index contributed by atoms with van der Waals surface area (Å²) in [6.07, 6.45) is 0.0518. The lowest BCUT2D eigenvalue weighted by atomic mass is 10.2. The van der Waals surface area contributed by atoms with Crippen LogP contribution in [0.15, 0.2) is 52.9 Å². The Kier molecular flexibility index (Phi) is 9.00. The molecule has 0 aliphatic heterocycles. The molecule has 0 bridgehead atoms. The highest BCUT2D eigenvalue weighted by molar-refractivity contribution is 8.01. The van der Waals surface area contributed by atoms with E-state index in [1.165, 1.54) is 23.1 Å². The van der Waals surface area contributed by atoms with E-state index in [4.69, 9.17) is 9.47 Å². The molecule has 178 valence electrons. The van der Waals surface area contributed by atoms with E-state index in [1.54, 1.807) is 55.5 Å². The highest BCUT2D eigenvalue weighted by Crippen LogP contribution is 2.26. The molecule has 0 aliphatic carbocycles. The fourth-order valence-corrected chi connectivity index (χ4v) is 4.22. The first-order valence-corrected chi connectivity index (χ1v) is 12.3. The normalized spacial score (nSPS) is 10.6. The van der Waals surface area contributed by atoms with E-state index in [0.29, 0.717) is 38.6 Å². The number of aromatic nitrogens is 2. The molecule has 0 aliphatic rings. The SMILES string of the molecule is CCOC(=O)c1ccc(NC(=O)CSc2nnc(NC(=O)c3ccc(OC(C)C)cc3)s2)cc1. The summed E-state index contributed by atoms with van der Waals surface area (Å²) in [5.41, 5.74) is 1.44. The number of carbonyl (C=O) groups is 3. The molecule has 1 heterocycles. The zero-order valence-electron chi connectivity index (χ0n) is 18.9. The van der Waals surface area contributed by atoms with Gasteiger partial charge in [0.25, 0.3) is 5.91 Å². The molecule has 0 unspecified atom stereocenters.